The van der Waals surface area contributed by atoms with Crippen molar-refractivity contribution in [2.45, 2.75) is 5.75 Å². The number of fused-ring (bicyclic) bond motifs is 2. The van der Waals surface area contributed by atoms with E-state index in [2.05, 4.69) is 67.2 Å². The molecule has 0 fully saturated rings. The Hall–Kier alpha value is -1.73. The summed E-state index contributed by atoms with van der Waals surface area (Å²) in [5.41, 5.74) is 3.98. The number of benzene rings is 3. The van der Waals surface area contributed by atoms with Gasteiger partial charge in [-0.1, -0.05) is 48.6 Å². The Bertz CT molecular complexity index is 813. The van der Waals surface area contributed by atoms with E-state index in [-0.39, 0.29) is 0 Å². The second-order valence-electron chi connectivity index (χ2n) is 4.79. The summed E-state index contributed by atoms with van der Waals surface area (Å²) in [5, 5.41) is 5.38. The van der Waals surface area contributed by atoms with Crippen LogP contribution in [0, 0.1) is 0 Å². The fourth-order valence-corrected chi connectivity index (χ4v) is 3.10. The maximum absolute atomic E-state index is 4.39. The molecule has 0 amide bonds. The lowest BCUT2D eigenvalue weighted by Crippen LogP contribution is -1.85. The minimum Gasteiger partial charge on any atom is -0.175 e. The molecule has 0 atom stereocenters. The minimum absolute atomic E-state index is 0.791. The first kappa shape index (κ1) is 10.2. The lowest BCUT2D eigenvalue weighted by Gasteiger charge is -2.08. The van der Waals surface area contributed by atoms with Gasteiger partial charge in [0.25, 0.3) is 0 Å². The lowest BCUT2D eigenvalue weighted by molar-refractivity contribution is 1.45. The highest BCUT2D eigenvalue weighted by molar-refractivity contribution is 7.79. The van der Waals surface area contributed by atoms with Crippen molar-refractivity contribution in [3.63, 3.8) is 0 Å². The van der Waals surface area contributed by atoms with Gasteiger partial charge in [-0.25, -0.2) is 0 Å². The molecule has 4 rings (SSSR count). The van der Waals surface area contributed by atoms with Crippen LogP contribution in [-0.2, 0) is 5.75 Å². The maximum atomic E-state index is 4.39. The monoisotopic (exact) mass is 248 g/mol. The minimum atomic E-state index is 0.791. The van der Waals surface area contributed by atoms with Gasteiger partial charge in [-0.3, -0.25) is 0 Å². The van der Waals surface area contributed by atoms with E-state index in [1.165, 1.54) is 38.2 Å². The summed E-state index contributed by atoms with van der Waals surface area (Å²) in [6.45, 7) is 0. The normalized spacial score (nSPS) is 12.7. The molecule has 0 saturated carbocycles. The Kier molecular flexibility index (Phi) is 2.06. The highest BCUT2D eigenvalue weighted by Crippen LogP contribution is 2.37. The Labute approximate surface area is 111 Å². The molecule has 0 nitrogen and oxygen atoms in total. The van der Waals surface area contributed by atoms with Gasteiger partial charge in [-0.2, -0.15) is 12.6 Å². The molecule has 0 heterocycles. The third-order valence-electron chi connectivity index (χ3n) is 3.70. The molecule has 18 heavy (non-hydrogen) atoms. The van der Waals surface area contributed by atoms with E-state index >= 15 is 0 Å². The predicted molar refractivity (Wildman–Crippen MR) is 83.1 cm³/mol. The van der Waals surface area contributed by atoms with Crippen LogP contribution >= 0.6 is 12.6 Å². The molecule has 0 radical (unpaired) electrons. The first-order chi connectivity index (χ1) is 8.86. The van der Waals surface area contributed by atoms with E-state index in [9.17, 15) is 0 Å². The summed E-state index contributed by atoms with van der Waals surface area (Å²) in [6, 6.07) is 15.4. The van der Waals surface area contributed by atoms with Gasteiger partial charge >= 0.3 is 0 Å². The van der Waals surface area contributed by atoms with Gasteiger partial charge in [0, 0.05) is 5.75 Å². The second-order valence-corrected chi connectivity index (χ2v) is 5.10. The molecular formula is C17H12S. The predicted octanol–water partition coefficient (Wildman–Crippen LogP) is 4.91. The van der Waals surface area contributed by atoms with E-state index < -0.39 is 0 Å². The van der Waals surface area contributed by atoms with Crippen molar-refractivity contribution in [3.8, 4) is 0 Å². The topological polar surface area (TPSA) is 0 Å². The van der Waals surface area contributed by atoms with Gasteiger partial charge < -0.3 is 0 Å². The van der Waals surface area contributed by atoms with E-state index in [0.29, 0.717) is 0 Å². The van der Waals surface area contributed by atoms with Crippen molar-refractivity contribution in [1.29, 1.82) is 0 Å². The first-order valence-corrected chi connectivity index (χ1v) is 6.77. The van der Waals surface area contributed by atoms with Gasteiger partial charge in [-0.05, 0) is 44.3 Å². The number of thiol groups is 1. The Morgan fingerprint density at radius 3 is 2.67 bits per heavy atom. The van der Waals surface area contributed by atoms with Crippen LogP contribution in [-0.4, -0.2) is 0 Å². The van der Waals surface area contributed by atoms with Crippen molar-refractivity contribution >= 4 is 46.3 Å². The molecule has 1 heteroatoms. The first-order valence-electron chi connectivity index (χ1n) is 6.14. The van der Waals surface area contributed by atoms with Crippen molar-refractivity contribution in [1.82, 2.24) is 0 Å². The average molecular weight is 248 g/mol. The third kappa shape index (κ3) is 1.28. The quantitative estimate of drug-likeness (QED) is 0.359. The van der Waals surface area contributed by atoms with Gasteiger partial charge in [0.1, 0.15) is 0 Å². The summed E-state index contributed by atoms with van der Waals surface area (Å²) >= 11 is 4.39. The fraction of sp³-hybridized carbons (Fsp3) is 0.0588. The fourth-order valence-electron chi connectivity index (χ4n) is 2.92. The molecule has 0 N–H and O–H groups in total. The number of rotatable bonds is 1. The van der Waals surface area contributed by atoms with E-state index in [1.54, 1.807) is 0 Å². The van der Waals surface area contributed by atoms with Crippen LogP contribution in [0.2, 0.25) is 0 Å². The average Bonchev–Trinajstić information content (AvgIpc) is 2.84. The van der Waals surface area contributed by atoms with Crippen molar-refractivity contribution in [2.24, 2.45) is 0 Å². The summed E-state index contributed by atoms with van der Waals surface area (Å²) in [6.07, 6.45) is 4.46. The molecule has 0 bridgehead atoms. The standard InChI is InChI=1S/C17H12S/c18-10-11-7-13-5-6-16-15-4-2-1-3-12(15)9-14(8-11)17(13)16/h1-9,18H,10H2. The van der Waals surface area contributed by atoms with Crippen LogP contribution in [0.15, 0.2) is 42.5 Å². The SMILES string of the molecule is SCc1cc2c3c(c4ccccc4cc3c1)C=C2. The van der Waals surface area contributed by atoms with Crippen LogP contribution in [0.5, 0.6) is 0 Å². The molecular weight excluding hydrogens is 236 g/mol. The largest absolute Gasteiger partial charge is 0.175 e. The molecule has 0 spiro atoms. The van der Waals surface area contributed by atoms with Crippen molar-refractivity contribution in [3.05, 3.63) is 59.2 Å². The summed E-state index contributed by atoms with van der Waals surface area (Å²) in [7, 11) is 0. The third-order valence-corrected chi connectivity index (χ3v) is 4.07. The Morgan fingerprint density at radius 1 is 0.889 bits per heavy atom. The van der Waals surface area contributed by atoms with Gasteiger partial charge in [0.05, 0.1) is 0 Å². The summed E-state index contributed by atoms with van der Waals surface area (Å²) in [4.78, 5) is 0. The van der Waals surface area contributed by atoms with Gasteiger partial charge in [-0.15, -0.1) is 0 Å². The zero-order valence-corrected chi connectivity index (χ0v) is 10.7. The van der Waals surface area contributed by atoms with Crippen LogP contribution in [0.1, 0.15) is 16.7 Å². The van der Waals surface area contributed by atoms with Crippen molar-refractivity contribution < 1.29 is 0 Å². The van der Waals surface area contributed by atoms with E-state index in [1.807, 2.05) is 0 Å². The molecule has 0 aromatic heterocycles. The molecule has 3 aromatic rings. The molecule has 1 aliphatic rings. The Balaban J connectivity index is 2.25. The smallest absolute Gasteiger partial charge is 0.0154 e. The van der Waals surface area contributed by atoms with E-state index in [4.69, 9.17) is 0 Å². The molecule has 0 aliphatic heterocycles. The highest BCUT2D eigenvalue weighted by Gasteiger charge is 2.13. The molecule has 3 aromatic carbocycles. The van der Waals surface area contributed by atoms with Crippen molar-refractivity contribution in [2.75, 3.05) is 0 Å². The number of hydrogen-bond donors (Lipinski definition) is 1. The van der Waals surface area contributed by atoms with Crippen LogP contribution < -0.4 is 0 Å². The van der Waals surface area contributed by atoms with Crippen LogP contribution in [0.4, 0.5) is 0 Å². The van der Waals surface area contributed by atoms with Gasteiger partial charge in [0.2, 0.25) is 0 Å². The van der Waals surface area contributed by atoms with E-state index in [0.717, 1.165) is 5.75 Å². The maximum Gasteiger partial charge on any atom is 0.0154 e. The highest BCUT2D eigenvalue weighted by atomic mass is 32.1. The number of hydrogen-bond acceptors (Lipinski definition) is 1. The lowest BCUT2D eigenvalue weighted by atomic mass is 9.96. The summed E-state index contributed by atoms with van der Waals surface area (Å²) in [5.74, 6) is 0.791. The zero-order chi connectivity index (χ0) is 12.1. The zero-order valence-electron chi connectivity index (χ0n) is 9.85. The van der Waals surface area contributed by atoms with Crippen LogP contribution in [0.25, 0.3) is 33.7 Å². The Morgan fingerprint density at radius 2 is 1.78 bits per heavy atom. The molecule has 0 saturated heterocycles. The second kappa shape index (κ2) is 3.63. The van der Waals surface area contributed by atoms with Crippen LogP contribution in [0.3, 0.4) is 0 Å². The molecule has 0 unspecified atom stereocenters. The van der Waals surface area contributed by atoms with Gasteiger partial charge in [0.15, 0.2) is 0 Å². The molecule has 1 aliphatic carbocycles. The summed E-state index contributed by atoms with van der Waals surface area (Å²) < 4.78 is 0. The molecule has 86 valence electrons.